The van der Waals surface area contributed by atoms with Crippen molar-refractivity contribution in [2.24, 2.45) is 0 Å². The summed E-state index contributed by atoms with van der Waals surface area (Å²) in [7, 11) is -0.551. The van der Waals surface area contributed by atoms with Crippen LogP contribution < -0.4 is 0 Å². The molecule has 0 saturated carbocycles. The third kappa shape index (κ3) is 4.21. The van der Waals surface area contributed by atoms with Crippen molar-refractivity contribution in [2.45, 2.75) is 24.0 Å². The molecule has 0 aromatic heterocycles. The Hall–Kier alpha value is -2.22. The number of morpholine rings is 1. The molecule has 6 nitrogen and oxygen atoms in total. The molecule has 1 amide bonds. The van der Waals surface area contributed by atoms with Crippen LogP contribution in [0.3, 0.4) is 0 Å². The molecule has 2 aromatic carbocycles. The molecule has 3 rings (SSSR count). The van der Waals surface area contributed by atoms with Crippen LogP contribution in [0, 0.1) is 0 Å². The van der Waals surface area contributed by atoms with Crippen LogP contribution in [0.4, 0.5) is 0 Å². The summed E-state index contributed by atoms with van der Waals surface area (Å²) in [5.41, 5.74) is 1.50. The number of carbonyl (C=O) groups is 1. The van der Waals surface area contributed by atoms with E-state index in [1.54, 1.807) is 17.0 Å². The maximum absolute atomic E-state index is 12.9. The third-order valence-corrected chi connectivity index (χ3v) is 6.43. The van der Waals surface area contributed by atoms with Gasteiger partial charge in [-0.05, 0) is 36.8 Å². The monoisotopic (exact) mass is 388 g/mol. The summed E-state index contributed by atoms with van der Waals surface area (Å²) >= 11 is 0. The van der Waals surface area contributed by atoms with E-state index in [9.17, 15) is 13.2 Å². The fourth-order valence-electron chi connectivity index (χ4n) is 3.13. The summed E-state index contributed by atoms with van der Waals surface area (Å²) in [5.74, 6) is -0.125. The van der Waals surface area contributed by atoms with Gasteiger partial charge in [0.05, 0.1) is 17.5 Å². The molecule has 1 saturated heterocycles. The van der Waals surface area contributed by atoms with Crippen molar-refractivity contribution >= 4 is 15.9 Å². The zero-order chi connectivity index (χ0) is 19.6. The van der Waals surface area contributed by atoms with Gasteiger partial charge in [0, 0.05) is 26.2 Å². The van der Waals surface area contributed by atoms with Gasteiger partial charge in [0.1, 0.15) is 6.10 Å². The van der Waals surface area contributed by atoms with Crippen LogP contribution in [-0.4, -0.2) is 56.8 Å². The first-order valence-electron chi connectivity index (χ1n) is 8.81. The third-order valence-electron chi connectivity index (χ3n) is 4.60. The van der Waals surface area contributed by atoms with Crippen LogP contribution in [0.15, 0.2) is 59.5 Å². The highest BCUT2D eigenvalue weighted by Gasteiger charge is 2.30. The van der Waals surface area contributed by atoms with Crippen molar-refractivity contribution in [3.8, 4) is 0 Å². The number of hydrogen-bond acceptors (Lipinski definition) is 4. The largest absolute Gasteiger partial charge is 0.367 e. The number of hydrogen-bond donors (Lipinski definition) is 0. The molecule has 144 valence electrons. The molecule has 0 aliphatic carbocycles. The van der Waals surface area contributed by atoms with Crippen LogP contribution >= 0.6 is 0 Å². The fourth-order valence-corrected chi connectivity index (χ4v) is 4.03. The molecule has 2 unspecified atom stereocenters. The van der Waals surface area contributed by atoms with Crippen LogP contribution in [0.25, 0.3) is 0 Å². The lowest BCUT2D eigenvalue weighted by atomic mass is 10.1. The zero-order valence-corrected chi connectivity index (χ0v) is 16.5. The second-order valence-corrected chi connectivity index (χ2v) is 9.02. The number of benzene rings is 2. The lowest BCUT2D eigenvalue weighted by molar-refractivity contribution is -0.0691. The predicted molar refractivity (Wildman–Crippen MR) is 103 cm³/mol. The Balaban J connectivity index is 1.79. The van der Waals surface area contributed by atoms with Gasteiger partial charge < -0.3 is 9.64 Å². The van der Waals surface area contributed by atoms with Gasteiger partial charge in [0.15, 0.2) is 0 Å². The van der Waals surface area contributed by atoms with Gasteiger partial charge in [-0.2, -0.15) is 0 Å². The maximum atomic E-state index is 12.9. The summed E-state index contributed by atoms with van der Waals surface area (Å²) in [6.07, 6.45) is -0.256. The number of nitrogens with zero attached hydrogens (tertiary/aromatic N) is 2. The molecule has 1 aliphatic heterocycles. The number of rotatable bonds is 4. The van der Waals surface area contributed by atoms with E-state index >= 15 is 0 Å². The van der Waals surface area contributed by atoms with E-state index < -0.39 is 10.0 Å². The van der Waals surface area contributed by atoms with Crippen molar-refractivity contribution in [1.82, 2.24) is 9.21 Å². The SMILES string of the molecule is CC1CN(C(=O)c2ccc(S(=O)(=O)N(C)C)cc2)CC(c2ccccc2)O1. The summed E-state index contributed by atoms with van der Waals surface area (Å²) in [5, 5.41) is 0. The molecule has 27 heavy (non-hydrogen) atoms. The van der Waals surface area contributed by atoms with Gasteiger partial charge in [-0.1, -0.05) is 30.3 Å². The highest BCUT2D eigenvalue weighted by atomic mass is 32.2. The highest BCUT2D eigenvalue weighted by Crippen LogP contribution is 2.26. The topological polar surface area (TPSA) is 66.9 Å². The van der Waals surface area contributed by atoms with Gasteiger partial charge in [0.2, 0.25) is 10.0 Å². The van der Waals surface area contributed by atoms with Crippen molar-refractivity contribution in [3.05, 3.63) is 65.7 Å². The van der Waals surface area contributed by atoms with Gasteiger partial charge in [-0.25, -0.2) is 12.7 Å². The molecular weight excluding hydrogens is 364 g/mol. The van der Waals surface area contributed by atoms with Gasteiger partial charge in [-0.3, -0.25) is 4.79 Å². The molecule has 0 spiro atoms. The van der Waals surface area contributed by atoms with Crippen molar-refractivity contribution in [1.29, 1.82) is 0 Å². The molecule has 0 radical (unpaired) electrons. The molecule has 2 atom stereocenters. The number of ether oxygens (including phenoxy) is 1. The van der Waals surface area contributed by atoms with Gasteiger partial charge >= 0.3 is 0 Å². The molecule has 1 fully saturated rings. The Morgan fingerprint density at radius 2 is 1.67 bits per heavy atom. The second-order valence-electron chi connectivity index (χ2n) is 6.87. The first-order valence-corrected chi connectivity index (χ1v) is 10.3. The standard InChI is InChI=1S/C20H24N2O4S/c1-15-13-22(14-19(26-15)16-7-5-4-6-8-16)20(23)17-9-11-18(12-10-17)27(24,25)21(2)3/h4-12,15,19H,13-14H2,1-3H3. The molecular formula is C20H24N2O4S. The Kier molecular flexibility index (Phi) is 5.64. The fraction of sp³-hybridized carbons (Fsp3) is 0.350. The number of sulfonamides is 1. The zero-order valence-electron chi connectivity index (χ0n) is 15.7. The van der Waals surface area contributed by atoms with Gasteiger partial charge in [0.25, 0.3) is 5.91 Å². The Bertz CT molecular complexity index is 895. The van der Waals surface area contributed by atoms with Gasteiger partial charge in [-0.15, -0.1) is 0 Å². The van der Waals surface area contributed by atoms with E-state index in [-0.39, 0.29) is 23.0 Å². The lowest BCUT2D eigenvalue weighted by Gasteiger charge is -2.37. The summed E-state index contributed by atoms with van der Waals surface area (Å²) in [6.45, 7) is 2.91. The minimum Gasteiger partial charge on any atom is -0.367 e. The smallest absolute Gasteiger partial charge is 0.254 e. The molecule has 0 N–H and O–H groups in total. The summed E-state index contributed by atoms with van der Waals surface area (Å²) in [6, 6.07) is 15.9. The second kappa shape index (κ2) is 7.80. The number of amides is 1. The molecule has 1 aliphatic rings. The first kappa shape index (κ1) is 19.5. The van der Waals surface area contributed by atoms with E-state index in [4.69, 9.17) is 4.74 Å². The van der Waals surface area contributed by atoms with E-state index in [1.165, 1.54) is 26.2 Å². The normalized spacial score (nSPS) is 20.7. The van der Waals surface area contributed by atoms with E-state index in [0.717, 1.165) is 9.87 Å². The average molecular weight is 388 g/mol. The van der Waals surface area contributed by atoms with Crippen LogP contribution in [-0.2, 0) is 14.8 Å². The Morgan fingerprint density at radius 1 is 1.04 bits per heavy atom. The minimum absolute atomic E-state index is 0.0821. The molecule has 2 aromatic rings. The molecule has 7 heteroatoms. The molecule has 1 heterocycles. The first-order chi connectivity index (χ1) is 12.8. The predicted octanol–water partition coefficient (Wildman–Crippen LogP) is 2.54. The van der Waals surface area contributed by atoms with Crippen LogP contribution in [0.5, 0.6) is 0 Å². The minimum atomic E-state index is -3.51. The summed E-state index contributed by atoms with van der Waals surface area (Å²) in [4.78, 5) is 14.9. The average Bonchev–Trinajstić information content (AvgIpc) is 2.67. The van der Waals surface area contributed by atoms with Crippen molar-refractivity contribution in [2.75, 3.05) is 27.2 Å². The van der Waals surface area contributed by atoms with E-state index in [2.05, 4.69) is 0 Å². The lowest BCUT2D eigenvalue weighted by Crippen LogP contribution is -2.46. The maximum Gasteiger partial charge on any atom is 0.254 e. The Morgan fingerprint density at radius 3 is 2.26 bits per heavy atom. The summed E-state index contributed by atoms with van der Waals surface area (Å²) < 4.78 is 31.5. The Labute approximate surface area is 160 Å². The molecule has 0 bridgehead atoms. The van der Waals surface area contributed by atoms with E-state index in [0.29, 0.717) is 18.7 Å². The van der Waals surface area contributed by atoms with Crippen molar-refractivity contribution in [3.63, 3.8) is 0 Å². The quantitative estimate of drug-likeness (QED) is 0.807. The highest BCUT2D eigenvalue weighted by molar-refractivity contribution is 7.89. The van der Waals surface area contributed by atoms with Crippen molar-refractivity contribution < 1.29 is 17.9 Å². The van der Waals surface area contributed by atoms with Crippen LogP contribution in [0.2, 0.25) is 0 Å². The van der Waals surface area contributed by atoms with E-state index in [1.807, 2.05) is 37.3 Å². The van der Waals surface area contributed by atoms with Crippen LogP contribution in [0.1, 0.15) is 28.9 Å². The number of carbonyl (C=O) groups excluding carboxylic acids is 1.